The van der Waals surface area contributed by atoms with Crippen molar-refractivity contribution in [1.29, 1.82) is 0 Å². The van der Waals surface area contributed by atoms with Crippen molar-refractivity contribution in [2.75, 3.05) is 6.54 Å². The van der Waals surface area contributed by atoms with Gasteiger partial charge in [0.1, 0.15) is 0 Å². The average Bonchev–Trinajstić information content (AvgIpc) is 2.64. The van der Waals surface area contributed by atoms with Crippen molar-refractivity contribution in [3.63, 3.8) is 0 Å². The molecule has 25 heavy (non-hydrogen) atoms. The van der Waals surface area contributed by atoms with Crippen LogP contribution in [0.4, 0.5) is 0 Å². The van der Waals surface area contributed by atoms with E-state index in [0.717, 1.165) is 5.56 Å². The molecule has 1 atom stereocenters. The lowest BCUT2D eigenvalue weighted by Gasteiger charge is -2.31. The van der Waals surface area contributed by atoms with Gasteiger partial charge in [0.05, 0.1) is 17.8 Å². The zero-order valence-corrected chi connectivity index (χ0v) is 13.7. The van der Waals surface area contributed by atoms with Gasteiger partial charge >= 0.3 is 5.97 Å². The maximum atomic E-state index is 12.4. The first-order valence-corrected chi connectivity index (χ1v) is 7.91. The van der Waals surface area contributed by atoms with Gasteiger partial charge in [0.25, 0.3) is 0 Å². The molecule has 1 aliphatic heterocycles. The second kappa shape index (κ2) is 7.13. The Balaban J connectivity index is 1.85. The number of rotatable bonds is 3. The van der Waals surface area contributed by atoms with Gasteiger partial charge in [0, 0.05) is 13.0 Å². The van der Waals surface area contributed by atoms with Gasteiger partial charge < -0.3 is 9.64 Å². The van der Waals surface area contributed by atoms with Crippen LogP contribution in [-0.4, -0.2) is 35.2 Å². The molecule has 0 saturated carbocycles. The van der Waals surface area contributed by atoms with Crippen molar-refractivity contribution < 1.29 is 19.1 Å². The van der Waals surface area contributed by atoms with Crippen LogP contribution in [0.15, 0.2) is 66.7 Å². The summed E-state index contributed by atoms with van der Waals surface area (Å²) < 4.78 is 5.33. The van der Waals surface area contributed by atoms with Crippen LogP contribution >= 0.6 is 0 Å². The van der Waals surface area contributed by atoms with Crippen LogP contribution in [0.1, 0.15) is 22.8 Å². The molecule has 3 rings (SSSR count). The predicted molar refractivity (Wildman–Crippen MR) is 92.5 cm³/mol. The monoisotopic (exact) mass is 335 g/mol. The fourth-order valence-corrected chi connectivity index (χ4v) is 2.67. The minimum Gasteiger partial charge on any atom is -0.448 e. The van der Waals surface area contributed by atoms with Crippen molar-refractivity contribution in [3.05, 3.63) is 77.9 Å². The van der Waals surface area contributed by atoms with Gasteiger partial charge in [0.2, 0.25) is 5.91 Å². The minimum absolute atomic E-state index is 0.00741. The van der Waals surface area contributed by atoms with Gasteiger partial charge in [-0.05, 0) is 17.7 Å². The van der Waals surface area contributed by atoms with Gasteiger partial charge in [-0.15, -0.1) is 0 Å². The zero-order chi connectivity index (χ0) is 17.8. The number of nitrogens with zero attached hydrogens (tertiary/aromatic N) is 1. The third kappa shape index (κ3) is 3.66. The van der Waals surface area contributed by atoms with E-state index in [4.69, 9.17) is 4.74 Å². The van der Waals surface area contributed by atoms with Crippen LogP contribution in [-0.2, 0) is 14.3 Å². The van der Waals surface area contributed by atoms with Crippen LogP contribution in [0.25, 0.3) is 5.70 Å². The largest absolute Gasteiger partial charge is 0.448 e. The summed E-state index contributed by atoms with van der Waals surface area (Å²) in [5.74, 6) is -1.14. The van der Waals surface area contributed by atoms with Gasteiger partial charge in [-0.1, -0.05) is 48.5 Å². The number of hydrogen-bond acceptors (Lipinski definition) is 4. The number of carbonyl (C=O) groups excluding carboxylic acids is 3. The quantitative estimate of drug-likeness (QED) is 0.809. The Morgan fingerprint density at radius 3 is 2.20 bits per heavy atom. The first kappa shape index (κ1) is 16.6. The van der Waals surface area contributed by atoms with Crippen molar-refractivity contribution >= 4 is 23.4 Å². The lowest BCUT2D eigenvalue weighted by Crippen LogP contribution is -2.44. The van der Waals surface area contributed by atoms with Crippen LogP contribution in [0.3, 0.4) is 0 Å². The molecule has 2 aromatic rings. The highest BCUT2D eigenvalue weighted by Gasteiger charge is 2.33. The molecule has 0 fully saturated rings. The predicted octanol–water partition coefficient (Wildman–Crippen LogP) is 2.68. The molecule has 126 valence electrons. The van der Waals surface area contributed by atoms with E-state index >= 15 is 0 Å². The molecule has 5 nitrogen and oxygen atoms in total. The molecule has 0 saturated heterocycles. The van der Waals surface area contributed by atoms with Gasteiger partial charge in [-0.25, -0.2) is 4.79 Å². The van der Waals surface area contributed by atoms with Crippen LogP contribution < -0.4 is 0 Å². The zero-order valence-electron chi connectivity index (χ0n) is 13.7. The summed E-state index contributed by atoms with van der Waals surface area (Å²) in [6, 6.07) is 17.6. The third-order valence-corrected chi connectivity index (χ3v) is 3.94. The molecule has 0 aliphatic carbocycles. The second-order valence-corrected chi connectivity index (χ2v) is 5.69. The summed E-state index contributed by atoms with van der Waals surface area (Å²) in [4.78, 5) is 38.1. The first-order chi connectivity index (χ1) is 12.1. The van der Waals surface area contributed by atoms with E-state index in [1.54, 1.807) is 30.3 Å². The second-order valence-electron chi connectivity index (χ2n) is 5.69. The molecule has 0 N–H and O–H groups in total. The van der Waals surface area contributed by atoms with E-state index in [2.05, 4.69) is 0 Å². The fourth-order valence-electron chi connectivity index (χ4n) is 2.67. The molecule has 0 spiro atoms. The lowest BCUT2D eigenvalue weighted by atomic mass is 10.0. The number of amides is 1. The van der Waals surface area contributed by atoms with E-state index < -0.39 is 12.1 Å². The molecule has 5 heteroatoms. The molecule has 0 aromatic heterocycles. The lowest BCUT2D eigenvalue weighted by molar-refractivity contribution is -0.131. The van der Waals surface area contributed by atoms with E-state index in [-0.39, 0.29) is 18.2 Å². The Morgan fingerprint density at radius 2 is 1.60 bits per heavy atom. The summed E-state index contributed by atoms with van der Waals surface area (Å²) in [6.45, 7) is 1.43. The molecular weight excluding hydrogens is 318 g/mol. The number of esters is 1. The summed E-state index contributed by atoms with van der Waals surface area (Å²) in [7, 11) is 0. The number of benzene rings is 2. The number of ketones is 1. The Morgan fingerprint density at radius 1 is 1.00 bits per heavy atom. The Kier molecular flexibility index (Phi) is 4.75. The Hall–Kier alpha value is -3.21. The fraction of sp³-hybridized carbons (Fsp3) is 0.150. The number of carbonyl (C=O) groups is 3. The van der Waals surface area contributed by atoms with E-state index in [0.29, 0.717) is 11.3 Å². The minimum atomic E-state index is -1.01. The highest BCUT2D eigenvalue weighted by molar-refractivity contribution is 6.05. The van der Waals surface area contributed by atoms with Crippen LogP contribution in [0.2, 0.25) is 0 Å². The van der Waals surface area contributed by atoms with Crippen LogP contribution in [0, 0.1) is 0 Å². The normalized spacial score (nSPS) is 17.0. The number of hydrogen-bond donors (Lipinski definition) is 0. The van der Waals surface area contributed by atoms with Crippen molar-refractivity contribution in [2.24, 2.45) is 0 Å². The Labute approximate surface area is 145 Å². The molecule has 2 aromatic carbocycles. The topological polar surface area (TPSA) is 63.7 Å². The highest BCUT2D eigenvalue weighted by Crippen LogP contribution is 2.25. The summed E-state index contributed by atoms with van der Waals surface area (Å²) in [6.07, 6.45) is 0.354. The molecular formula is C20H17NO4. The van der Waals surface area contributed by atoms with E-state index in [9.17, 15) is 14.4 Å². The van der Waals surface area contributed by atoms with Crippen LogP contribution in [0.5, 0.6) is 0 Å². The van der Waals surface area contributed by atoms with Gasteiger partial charge in [0.15, 0.2) is 11.9 Å². The number of ether oxygens (including phenoxy) is 1. The SMILES string of the molecule is CC(=O)N1CC(OC(=O)c2ccccc2)C(=O)C=C1c1ccccc1. The average molecular weight is 335 g/mol. The standard InChI is InChI=1S/C20H17NO4/c1-14(22)21-13-19(25-20(24)16-10-6-3-7-11-16)18(23)12-17(21)15-8-4-2-5-9-15/h2-12,19H,13H2,1H3. The molecule has 1 heterocycles. The maximum Gasteiger partial charge on any atom is 0.338 e. The molecule has 1 amide bonds. The van der Waals surface area contributed by atoms with Gasteiger partial charge in [-0.3, -0.25) is 9.59 Å². The van der Waals surface area contributed by atoms with Crippen molar-refractivity contribution in [2.45, 2.75) is 13.0 Å². The summed E-state index contributed by atoms with van der Waals surface area (Å²) in [5, 5.41) is 0. The van der Waals surface area contributed by atoms with E-state index in [1.807, 2.05) is 30.3 Å². The Bertz CT molecular complexity index is 827. The highest BCUT2D eigenvalue weighted by atomic mass is 16.5. The third-order valence-electron chi connectivity index (χ3n) is 3.94. The van der Waals surface area contributed by atoms with Crippen molar-refractivity contribution in [3.8, 4) is 0 Å². The molecule has 0 bridgehead atoms. The van der Waals surface area contributed by atoms with Gasteiger partial charge in [-0.2, -0.15) is 0 Å². The molecule has 1 unspecified atom stereocenters. The molecule has 1 aliphatic rings. The van der Waals surface area contributed by atoms with E-state index in [1.165, 1.54) is 17.9 Å². The van der Waals surface area contributed by atoms with Crippen molar-refractivity contribution in [1.82, 2.24) is 4.90 Å². The smallest absolute Gasteiger partial charge is 0.338 e. The molecule has 0 radical (unpaired) electrons. The first-order valence-electron chi connectivity index (χ1n) is 7.91. The summed E-state index contributed by atoms with van der Waals surface area (Å²) in [5.41, 5.74) is 1.64. The summed E-state index contributed by atoms with van der Waals surface area (Å²) >= 11 is 0. The maximum absolute atomic E-state index is 12.4.